The molecule has 0 atom stereocenters. The van der Waals surface area contributed by atoms with Gasteiger partial charge in [-0.2, -0.15) is 14.0 Å². The van der Waals surface area contributed by atoms with Crippen LogP contribution < -0.4 is 10.5 Å². The Bertz CT molecular complexity index is 1010. The number of hydrogen-bond donors (Lipinski definition) is 1. The zero-order chi connectivity index (χ0) is 19.6. The molecule has 8 heteroatoms. The summed E-state index contributed by atoms with van der Waals surface area (Å²) in [6, 6.07) is 11.8. The van der Waals surface area contributed by atoms with Gasteiger partial charge in [0.1, 0.15) is 17.1 Å². The van der Waals surface area contributed by atoms with Crippen LogP contribution in [0.5, 0.6) is 5.75 Å². The maximum atomic E-state index is 12.3. The number of nitrogens with zero attached hydrogens (tertiary/aromatic N) is 4. The van der Waals surface area contributed by atoms with E-state index >= 15 is 0 Å². The number of aryl methyl sites for hydroxylation is 2. The third kappa shape index (κ3) is 3.82. The molecule has 0 fully saturated rings. The van der Waals surface area contributed by atoms with Crippen LogP contribution >= 0.6 is 0 Å². The minimum atomic E-state index is -2.90. The number of ether oxygens (including phenoxy) is 1. The van der Waals surface area contributed by atoms with E-state index in [1.807, 2.05) is 26.0 Å². The average Bonchev–Trinajstić information content (AvgIpc) is 2.61. The molecule has 1 aromatic heterocycles. The monoisotopic (exact) mass is 367 g/mol. The number of aromatic nitrogens is 3. The summed E-state index contributed by atoms with van der Waals surface area (Å²) in [4.78, 5) is 4.26. The third-order valence-electron chi connectivity index (χ3n) is 3.97. The molecular weight excluding hydrogens is 352 g/mol. The van der Waals surface area contributed by atoms with Crippen LogP contribution in [-0.4, -0.2) is 21.8 Å². The lowest BCUT2D eigenvalue weighted by molar-refractivity contribution is -0.0498. The van der Waals surface area contributed by atoms with E-state index in [9.17, 15) is 14.0 Å². The van der Waals surface area contributed by atoms with Crippen molar-refractivity contribution in [3.8, 4) is 34.3 Å². The van der Waals surface area contributed by atoms with Gasteiger partial charge in [-0.1, -0.05) is 0 Å². The highest BCUT2D eigenvalue weighted by Crippen LogP contribution is 2.32. The highest BCUT2D eigenvalue weighted by molar-refractivity contribution is 5.79. The highest BCUT2D eigenvalue weighted by Gasteiger charge is 2.16. The normalized spacial score (nSPS) is 10.7. The average molecular weight is 367 g/mol. The second kappa shape index (κ2) is 7.33. The summed E-state index contributed by atoms with van der Waals surface area (Å²) in [5.74, 6) is 0.0269. The SMILES string of the molecule is Cc1cc(-c2nnc(N)nc2-c2ccc(OC(F)F)cc2)cc(C)c1C#N. The first-order valence-corrected chi connectivity index (χ1v) is 7.96. The topological polar surface area (TPSA) is 97.7 Å². The Balaban J connectivity index is 2.11. The molecule has 136 valence electrons. The van der Waals surface area contributed by atoms with Gasteiger partial charge in [0.05, 0.1) is 11.6 Å². The lowest BCUT2D eigenvalue weighted by Gasteiger charge is -2.11. The summed E-state index contributed by atoms with van der Waals surface area (Å²) in [5, 5.41) is 17.2. The summed E-state index contributed by atoms with van der Waals surface area (Å²) in [7, 11) is 0. The molecule has 0 radical (unpaired) electrons. The summed E-state index contributed by atoms with van der Waals surface area (Å²) >= 11 is 0. The molecule has 0 saturated carbocycles. The van der Waals surface area contributed by atoms with Crippen LogP contribution in [0.4, 0.5) is 14.7 Å². The fourth-order valence-corrected chi connectivity index (χ4v) is 2.80. The van der Waals surface area contributed by atoms with Crippen LogP contribution in [0.3, 0.4) is 0 Å². The standard InChI is InChI=1S/C19H15F2N5O/c1-10-7-13(8-11(2)15(10)9-22)17-16(24-19(23)26-25-17)12-3-5-14(6-4-12)27-18(20)21/h3-8,18H,1-2H3,(H2,23,24,26). The molecule has 0 bridgehead atoms. The molecule has 0 saturated heterocycles. The van der Waals surface area contributed by atoms with E-state index in [1.165, 1.54) is 12.1 Å². The Morgan fingerprint density at radius 1 is 1.00 bits per heavy atom. The summed E-state index contributed by atoms with van der Waals surface area (Å²) < 4.78 is 29.0. The zero-order valence-electron chi connectivity index (χ0n) is 14.6. The van der Waals surface area contributed by atoms with Crippen LogP contribution in [0.15, 0.2) is 36.4 Å². The van der Waals surface area contributed by atoms with Crippen LogP contribution in [-0.2, 0) is 0 Å². The third-order valence-corrected chi connectivity index (χ3v) is 3.97. The molecule has 0 amide bonds. The van der Waals surface area contributed by atoms with Gasteiger partial charge in [0, 0.05) is 11.1 Å². The Kier molecular flexibility index (Phi) is 4.94. The van der Waals surface area contributed by atoms with Crippen LogP contribution in [0.1, 0.15) is 16.7 Å². The molecule has 27 heavy (non-hydrogen) atoms. The van der Waals surface area contributed by atoms with Crippen molar-refractivity contribution >= 4 is 5.95 Å². The molecular formula is C19H15F2N5O. The number of nitrogen functional groups attached to an aromatic ring is 1. The quantitative estimate of drug-likeness (QED) is 0.751. The van der Waals surface area contributed by atoms with Gasteiger partial charge in [-0.05, 0) is 61.4 Å². The first-order valence-electron chi connectivity index (χ1n) is 7.96. The van der Waals surface area contributed by atoms with Crippen molar-refractivity contribution in [2.45, 2.75) is 20.5 Å². The maximum absolute atomic E-state index is 12.3. The molecule has 0 aliphatic carbocycles. The number of nitrogens with two attached hydrogens (primary N) is 1. The fourth-order valence-electron chi connectivity index (χ4n) is 2.80. The van der Waals surface area contributed by atoms with Gasteiger partial charge in [0.2, 0.25) is 5.95 Å². The minimum Gasteiger partial charge on any atom is -0.435 e. The molecule has 0 spiro atoms. The van der Waals surface area contributed by atoms with Crippen molar-refractivity contribution in [2.24, 2.45) is 0 Å². The van der Waals surface area contributed by atoms with E-state index in [0.29, 0.717) is 22.5 Å². The van der Waals surface area contributed by atoms with Crippen LogP contribution in [0, 0.1) is 25.2 Å². The predicted octanol–water partition coefficient (Wildman–Crippen LogP) is 3.88. The van der Waals surface area contributed by atoms with Crippen molar-refractivity contribution in [3.63, 3.8) is 0 Å². The minimum absolute atomic E-state index is 0.0104. The molecule has 2 aromatic carbocycles. The Morgan fingerprint density at radius 2 is 1.63 bits per heavy atom. The van der Waals surface area contributed by atoms with Gasteiger partial charge in [0.25, 0.3) is 0 Å². The zero-order valence-corrected chi connectivity index (χ0v) is 14.6. The van der Waals surface area contributed by atoms with Crippen molar-refractivity contribution in [3.05, 3.63) is 53.1 Å². The van der Waals surface area contributed by atoms with Gasteiger partial charge in [-0.25, -0.2) is 4.98 Å². The maximum Gasteiger partial charge on any atom is 0.387 e. The smallest absolute Gasteiger partial charge is 0.387 e. The van der Waals surface area contributed by atoms with Crippen molar-refractivity contribution in [1.29, 1.82) is 5.26 Å². The second-order valence-corrected chi connectivity index (χ2v) is 5.87. The number of benzene rings is 2. The molecule has 0 aliphatic heterocycles. The van der Waals surface area contributed by atoms with E-state index in [2.05, 4.69) is 26.0 Å². The fraction of sp³-hybridized carbons (Fsp3) is 0.158. The van der Waals surface area contributed by atoms with Gasteiger partial charge in [-0.15, -0.1) is 10.2 Å². The molecule has 2 N–H and O–H groups in total. The second-order valence-electron chi connectivity index (χ2n) is 5.87. The van der Waals surface area contributed by atoms with Gasteiger partial charge in [0.15, 0.2) is 0 Å². The summed E-state index contributed by atoms with van der Waals surface area (Å²) in [5.41, 5.74) is 10.2. The number of halogens is 2. The lowest BCUT2D eigenvalue weighted by Crippen LogP contribution is -2.04. The van der Waals surface area contributed by atoms with E-state index in [4.69, 9.17) is 5.73 Å². The largest absolute Gasteiger partial charge is 0.435 e. The molecule has 6 nitrogen and oxygen atoms in total. The van der Waals surface area contributed by atoms with Gasteiger partial charge < -0.3 is 10.5 Å². The molecule has 0 aliphatic rings. The number of alkyl halides is 2. The Hall–Kier alpha value is -3.60. The molecule has 1 heterocycles. The molecule has 3 aromatic rings. The number of nitriles is 1. The number of hydrogen-bond acceptors (Lipinski definition) is 6. The van der Waals surface area contributed by atoms with Gasteiger partial charge >= 0.3 is 6.61 Å². The van der Waals surface area contributed by atoms with Crippen LogP contribution in [0.2, 0.25) is 0 Å². The van der Waals surface area contributed by atoms with E-state index in [0.717, 1.165) is 16.7 Å². The van der Waals surface area contributed by atoms with E-state index in [-0.39, 0.29) is 11.7 Å². The molecule has 0 unspecified atom stereocenters. The number of rotatable bonds is 4. The Morgan fingerprint density at radius 3 is 2.19 bits per heavy atom. The van der Waals surface area contributed by atoms with Crippen molar-refractivity contribution in [2.75, 3.05) is 5.73 Å². The first kappa shape index (κ1) is 18.2. The summed E-state index contributed by atoms with van der Waals surface area (Å²) in [6.07, 6.45) is 0. The predicted molar refractivity (Wildman–Crippen MR) is 95.9 cm³/mol. The van der Waals surface area contributed by atoms with E-state index in [1.54, 1.807) is 12.1 Å². The Labute approximate surface area is 154 Å². The van der Waals surface area contributed by atoms with Gasteiger partial charge in [-0.3, -0.25) is 0 Å². The van der Waals surface area contributed by atoms with Crippen molar-refractivity contribution < 1.29 is 13.5 Å². The first-order chi connectivity index (χ1) is 12.9. The lowest BCUT2D eigenvalue weighted by atomic mass is 9.96. The highest BCUT2D eigenvalue weighted by atomic mass is 19.3. The van der Waals surface area contributed by atoms with E-state index < -0.39 is 6.61 Å². The molecule has 3 rings (SSSR count). The number of anilines is 1. The van der Waals surface area contributed by atoms with Crippen LogP contribution in [0.25, 0.3) is 22.5 Å². The van der Waals surface area contributed by atoms with Crippen molar-refractivity contribution in [1.82, 2.24) is 15.2 Å². The summed E-state index contributed by atoms with van der Waals surface area (Å²) in [6.45, 7) is 0.777.